The Morgan fingerprint density at radius 3 is 2.80 bits per heavy atom. The second kappa shape index (κ2) is 6.67. The lowest BCUT2D eigenvalue weighted by molar-refractivity contribution is 0.0782. The second-order valence-electron chi connectivity index (χ2n) is 5.30. The molecular formula is C14H23N5O. The molecule has 1 aliphatic rings. The van der Waals surface area contributed by atoms with E-state index in [1.54, 1.807) is 17.0 Å². The Morgan fingerprint density at radius 2 is 2.15 bits per heavy atom. The van der Waals surface area contributed by atoms with Gasteiger partial charge in [0.15, 0.2) is 0 Å². The zero-order chi connectivity index (χ0) is 14.5. The van der Waals surface area contributed by atoms with Gasteiger partial charge in [0, 0.05) is 31.4 Å². The van der Waals surface area contributed by atoms with E-state index in [4.69, 9.17) is 5.84 Å². The molecule has 0 atom stereocenters. The molecule has 0 unspecified atom stereocenters. The number of nitrogens with one attached hydrogen (secondary N) is 1. The Labute approximate surface area is 119 Å². The van der Waals surface area contributed by atoms with Crippen LogP contribution in [-0.4, -0.2) is 53.9 Å². The molecule has 1 amide bonds. The predicted molar refractivity (Wildman–Crippen MR) is 79.4 cm³/mol. The number of carbonyl (C=O) groups excluding carboxylic acids is 1. The van der Waals surface area contributed by atoms with Gasteiger partial charge in [-0.05, 0) is 45.0 Å². The predicted octanol–water partition coefficient (Wildman–Crippen LogP) is 0.843. The summed E-state index contributed by atoms with van der Waals surface area (Å²) >= 11 is 0. The number of rotatable bonds is 5. The first kappa shape index (κ1) is 14.7. The SMILES string of the molecule is Cc1cc(C(=O)N(C)CCN2CCCC2)cc(NN)n1. The van der Waals surface area contributed by atoms with Gasteiger partial charge in [-0.1, -0.05) is 0 Å². The van der Waals surface area contributed by atoms with Crippen LogP contribution < -0.4 is 11.3 Å². The number of amides is 1. The Kier molecular flexibility index (Phi) is 4.92. The Bertz CT molecular complexity index is 471. The minimum absolute atomic E-state index is 0.00574. The van der Waals surface area contributed by atoms with Gasteiger partial charge in [-0.2, -0.15) is 0 Å². The average Bonchev–Trinajstić information content (AvgIpc) is 2.96. The third kappa shape index (κ3) is 3.68. The number of carbonyl (C=O) groups is 1. The monoisotopic (exact) mass is 277 g/mol. The summed E-state index contributed by atoms with van der Waals surface area (Å²) in [4.78, 5) is 20.7. The molecule has 110 valence electrons. The van der Waals surface area contributed by atoms with Gasteiger partial charge in [0.1, 0.15) is 5.82 Å². The van der Waals surface area contributed by atoms with Crippen molar-refractivity contribution in [2.75, 3.05) is 38.7 Å². The fraction of sp³-hybridized carbons (Fsp3) is 0.571. The molecule has 0 radical (unpaired) electrons. The molecule has 3 N–H and O–H groups in total. The van der Waals surface area contributed by atoms with Gasteiger partial charge >= 0.3 is 0 Å². The Hall–Kier alpha value is -1.66. The highest BCUT2D eigenvalue weighted by Crippen LogP contribution is 2.12. The van der Waals surface area contributed by atoms with Gasteiger partial charge < -0.3 is 15.2 Å². The van der Waals surface area contributed by atoms with Crippen LogP contribution in [0.2, 0.25) is 0 Å². The van der Waals surface area contributed by atoms with Crippen molar-refractivity contribution in [2.24, 2.45) is 5.84 Å². The van der Waals surface area contributed by atoms with Crippen LogP contribution in [0.3, 0.4) is 0 Å². The first-order valence-electron chi connectivity index (χ1n) is 7.03. The molecule has 1 aliphatic heterocycles. The van der Waals surface area contributed by atoms with Crippen molar-refractivity contribution in [1.29, 1.82) is 0 Å². The number of aromatic nitrogens is 1. The number of hydrogen-bond donors (Lipinski definition) is 2. The van der Waals surface area contributed by atoms with Crippen LogP contribution in [0.25, 0.3) is 0 Å². The number of nitrogen functional groups attached to an aromatic ring is 1. The van der Waals surface area contributed by atoms with Crippen molar-refractivity contribution in [1.82, 2.24) is 14.8 Å². The number of hydrazine groups is 1. The molecule has 6 nitrogen and oxygen atoms in total. The lowest BCUT2D eigenvalue weighted by Gasteiger charge is -2.21. The average molecular weight is 277 g/mol. The van der Waals surface area contributed by atoms with Gasteiger partial charge in [-0.25, -0.2) is 10.8 Å². The topological polar surface area (TPSA) is 74.5 Å². The molecule has 0 bridgehead atoms. The van der Waals surface area contributed by atoms with Gasteiger partial charge in [0.05, 0.1) is 0 Å². The lowest BCUT2D eigenvalue weighted by atomic mass is 10.2. The highest BCUT2D eigenvalue weighted by molar-refractivity contribution is 5.94. The minimum atomic E-state index is 0.00574. The van der Waals surface area contributed by atoms with Crippen LogP contribution in [0.4, 0.5) is 5.82 Å². The van der Waals surface area contributed by atoms with Crippen LogP contribution in [0.1, 0.15) is 28.9 Å². The first-order valence-corrected chi connectivity index (χ1v) is 7.03. The van der Waals surface area contributed by atoms with Crippen molar-refractivity contribution >= 4 is 11.7 Å². The highest BCUT2D eigenvalue weighted by atomic mass is 16.2. The van der Waals surface area contributed by atoms with E-state index in [9.17, 15) is 4.79 Å². The van der Waals surface area contributed by atoms with Crippen molar-refractivity contribution in [3.63, 3.8) is 0 Å². The number of likely N-dealkylation sites (N-methyl/N-ethyl adjacent to an activating group) is 1. The largest absolute Gasteiger partial charge is 0.340 e. The summed E-state index contributed by atoms with van der Waals surface area (Å²) in [5, 5.41) is 0. The summed E-state index contributed by atoms with van der Waals surface area (Å²) < 4.78 is 0. The van der Waals surface area contributed by atoms with Crippen LogP contribution in [0.5, 0.6) is 0 Å². The molecule has 0 aromatic carbocycles. The number of likely N-dealkylation sites (tertiary alicyclic amines) is 1. The minimum Gasteiger partial charge on any atom is -0.340 e. The molecule has 1 aromatic rings. The summed E-state index contributed by atoms with van der Waals surface area (Å²) in [7, 11) is 1.84. The molecule has 0 aliphatic carbocycles. The normalized spacial score (nSPS) is 15.3. The Balaban J connectivity index is 1.96. The van der Waals surface area contributed by atoms with Gasteiger partial charge in [-0.15, -0.1) is 0 Å². The smallest absolute Gasteiger partial charge is 0.253 e. The molecule has 20 heavy (non-hydrogen) atoms. The third-order valence-corrected chi connectivity index (χ3v) is 3.65. The molecule has 1 fully saturated rings. The number of hydrogen-bond acceptors (Lipinski definition) is 5. The van der Waals surface area contributed by atoms with Crippen LogP contribution in [0, 0.1) is 6.92 Å². The maximum absolute atomic E-state index is 12.4. The van der Waals surface area contributed by atoms with Crippen LogP contribution >= 0.6 is 0 Å². The van der Waals surface area contributed by atoms with Crippen molar-refractivity contribution in [3.8, 4) is 0 Å². The van der Waals surface area contributed by atoms with E-state index < -0.39 is 0 Å². The first-order chi connectivity index (χ1) is 9.60. The maximum Gasteiger partial charge on any atom is 0.253 e. The van der Waals surface area contributed by atoms with E-state index in [1.807, 2.05) is 14.0 Å². The zero-order valence-corrected chi connectivity index (χ0v) is 12.2. The number of aryl methyl sites for hydroxylation is 1. The van der Waals surface area contributed by atoms with Crippen molar-refractivity contribution in [2.45, 2.75) is 19.8 Å². The van der Waals surface area contributed by atoms with Crippen LogP contribution in [0.15, 0.2) is 12.1 Å². The number of anilines is 1. The van der Waals surface area contributed by atoms with Crippen LogP contribution in [-0.2, 0) is 0 Å². The summed E-state index contributed by atoms with van der Waals surface area (Å²) in [6.45, 7) is 5.83. The highest BCUT2D eigenvalue weighted by Gasteiger charge is 2.16. The van der Waals surface area contributed by atoms with E-state index in [2.05, 4.69) is 15.3 Å². The zero-order valence-electron chi connectivity index (χ0n) is 12.2. The van der Waals surface area contributed by atoms with Gasteiger partial charge in [0.25, 0.3) is 5.91 Å². The summed E-state index contributed by atoms with van der Waals surface area (Å²) in [6, 6.07) is 3.47. The molecule has 2 heterocycles. The van der Waals surface area contributed by atoms with E-state index in [-0.39, 0.29) is 5.91 Å². The van der Waals surface area contributed by atoms with E-state index in [0.717, 1.165) is 31.9 Å². The van der Waals surface area contributed by atoms with E-state index >= 15 is 0 Å². The summed E-state index contributed by atoms with van der Waals surface area (Å²) in [5.41, 5.74) is 3.88. The maximum atomic E-state index is 12.4. The quantitative estimate of drug-likeness (QED) is 0.616. The fourth-order valence-corrected chi connectivity index (χ4v) is 2.49. The molecule has 0 saturated carbocycles. The van der Waals surface area contributed by atoms with Gasteiger partial charge in [0.2, 0.25) is 0 Å². The van der Waals surface area contributed by atoms with E-state index in [0.29, 0.717) is 11.4 Å². The van der Waals surface area contributed by atoms with Crippen molar-refractivity contribution < 1.29 is 4.79 Å². The Morgan fingerprint density at radius 1 is 1.45 bits per heavy atom. The van der Waals surface area contributed by atoms with Crippen molar-refractivity contribution in [3.05, 3.63) is 23.4 Å². The van der Waals surface area contributed by atoms with E-state index in [1.165, 1.54) is 12.8 Å². The molecule has 1 aromatic heterocycles. The molecule has 2 rings (SSSR count). The number of nitrogens with zero attached hydrogens (tertiary/aromatic N) is 3. The number of pyridine rings is 1. The van der Waals surface area contributed by atoms with Gasteiger partial charge in [-0.3, -0.25) is 4.79 Å². The third-order valence-electron chi connectivity index (χ3n) is 3.65. The summed E-state index contributed by atoms with van der Waals surface area (Å²) in [6.07, 6.45) is 2.54. The second-order valence-corrected chi connectivity index (χ2v) is 5.30. The fourth-order valence-electron chi connectivity index (χ4n) is 2.49. The molecule has 1 saturated heterocycles. The molecule has 6 heteroatoms. The molecule has 0 spiro atoms. The standard InChI is InChI=1S/C14H23N5O/c1-11-9-12(10-13(16-11)17-15)14(20)18(2)7-8-19-5-3-4-6-19/h9-10H,3-8,15H2,1-2H3,(H,16,17). The number of nitrogens with two attached hydrogens (primary N) is 1. The summed E-state index contributed by atoms with van der Waals surface area (Å²) in [5.74, 6) is 5.88. The lowest BCUT2D eigenvalue weighted by Crippen LogP contribution is -2.35. The molecular weight excluding hydrogens is 254 g/mol.